The molecule has 11 heteroatoms. The van der Waals surface area contributed by atoms with E-state index in [0.29, 0.717) is 17.9 Å². The number of alkyl carbamates (subject to hydrolysis) is 1. The van der Waals surface area contributed by atoms with E-state index in [4.69, 9.17) is 10.5 Å². The molecule has 4 rings (SSSR count). The van der Waals surface area contributed by atoms with Crippen LogP contribution in [0.5, 0.6) is 0 Å². The molecule has 202 valence electrons. The largest absolute Gasteiger partial charge is 0.453 e. The van der Waals surface area contributed by atoms with E-state index >= 15 is 0 Å². The van der Waals surface area contributed by atoms with E-state index in [1.54, 1.807) is 17.2 Å². The Hall–Kier alpha value is -4.85. The molecule has 2 amide bonds. The van der Waals surface area contributed by atoms with Gasteiger partial charge in [0, 0.05) is 23.7 Å². The van der Waals surface area contributed by atoms with Crippen LogP contribution in [-0.4, -0.2) is 51.5 Å². The number of aromatic amines is 1. The standard InChI is InChI=1S/C28H30N6O5/c1-17(2)25(32-28(36)39-3)27(35)33-14-4-5-23(33)26-30-16-22(31-26)20-11-8-18(9-12-20)6-7-19-10-13-21(29)24(15-19)34(37)38/h8-13,15-17,23,25H,4-5,14,29H2,1-3H3,(H,30,31)(H,32,36). The van der Waals surface area contributed by atoms with Crippen LogP contribution in [0.3, 0.4) is 0 Å². The Morgan fingerprint density at radius 2 is 1.90 bits per heavy atom. The van der Waals surface area contributed by atoms with Crippen LogP contribution < -0.4 is 11.1 Å². The Bertz CT molecular complexity index is 1440. The van der Waals surface area contributed by atoms with E-state index in [9.17, 15) is 19.7 Å². The Balaban J connectivity index is 1.48. The first-order valence-electron chi connectivity index (χ1n) is 12.5. The molecule has 11 nitrogen and oxygen atoms in total. The lowest BCUT2D eigenvalue weighted by Gasteiger charge is -2.30. The lowest BCUT2D eigenvalue weighted by atomic mass is 10.0. The number of likely N-dealkylation sites (tertiary alicyclic amines) is 1. The van der Waals surface area contributed by atoms with Gasteiger partial charge < -0.3 is 25.7 Å². The molecule has 0 spiro atoms. The maximum absolute atomic E-state index is 13.3. The number of nitro benzene ring substituents is 1. The van der Waals surface area contributed by atoms with E-state index in [1.165, 1.54) is 19.2 Å². The first-order valence-corrected chi connectivity index (χ1v) is 12.5. The highest BCUT2D eigenvalue weighted by Gasteiger charge is 2.37. The van der Waals surface area contributed by atoms with Gasteiger partial charge in [0.15, 0.2) is 0 Å². The monoisotopic (exact) mass is 530 g/mol. The van der Waals surface area contributed by atoms with Crippen LogP contribution in [0.15, 0.2) is 48.7 Å². The number of nitro groups is 1. The predicted molar refractivity (Wildman–Crippen MR) is 145 cm³/mol. The molecule has 1 aliphatic heterocycles. The molecule has 2 heterocycles. The molecule has 0 radical (unpaired) electrons. The number of hydrogen-bond donors (Lipinski definition) is 3. The number of anilines is 1. The minimum Gasteiger partial charge on any atom is -0.453 e. The molecule has 3 aromatic rings. The lowest BCUT2D eigenvalue weighted by Crippen LogP contribution is -2.51. The van der Waals surface area contributed by atoms with Crippen molar-refractivity contribution < 1.29 is 19.2 Å². The molecular weight excluding hydrogens is 500 g/mol. The second-order valence-corrected chi connectivity index (χ2v) is 9.59. The topological polar surface area (TPSA) is 156 Å². The maximum Gasteiger partial charge on any atom is 0.407 e. The van der Waals surface area contributed by atoms with E-state index in [0.717, 1.165) is 29.7 Å². The number of ether oxygens (including phenoxy) is 1. The third-order valence-corrected chi connectivity index (χ3v) is 6.61. The number of carbonyl (C=O) groups excluding carboxylic acids is 2. The van der Waals surface area contributed by atoms with Crippen LogP contribution in [0.25, 0.3) is 11.3 Å². The Morgan fingerprint density at radius 3 is 2.56 bits per heavy atom. The fraction of sp³-hybridized carbons (Fsp3) is 0.321. The molecule has 1 saturated heterocycles. The van der Waals surface area contributed by atoms with Crippen molar-refractivity contribution in [3.63, 3.8) is 0 Å². The number of aromatic nitrogens is 2. The van der Waals surface area contributed by atoms with Gasteiger partial charge in [0.05, 0.1) is 30.0 Å². The van der Waals surface area contributed by atoms with Gasteiger partial charge >= 0.3 is 6.09 Å². The number of methoxy groups -OCH3 is 1. The highest BCUT2D eigenvalue weighted by Crippen LogP contribution is 2.32. The smallest absolute Gasteiger partial charge is 0.407 e. The second-order valence-electron chi connectivity index (χ2n) is 9.59. The van der Waals surface area contributed by atoms with Crippen molar-refractivity contribution in [3.05, 3.63) is 75.7 Å². The first kappa shape index (κ1) is 27.2. The summed E-state index contributed by atoms with van der Waals surface area (Å²) < 4.78 is 4.69. The number of carbonyl (C=O) groups is 2. The van der Waals surface area contributed by atoms with Crippen LogP contribution in [-0.2, 0) is 9.53 Å². The van der Waals surface area contributed by atoms with Crippen LogP contribution in [0.2, 0.25) is 0 Å². The number of nitrogens with zero attached hydrogens (tertiary/aromatic N) is 3. The molecule has 0 saturated carbocycles. The van der Waals surface area contributed by atoms with Crippen LogP contribution >= 0.6 is 0 Å². The highest BCUT2D eigenvalue weighted by atomic mass is 16.6. The summed E-state index contributed by atoms with van der Waals surface area (Å²) in [5, 5.41) is 13.7. The molecule has 1 aromatic heterocycles. The van der Waals surface area contributed by atoms with Crippen molar-refractivity contribution in [3.8, 4) is 23.1 Å². The van der Waals surface area contributed by atoms with Gasteiger partial charge in [-0.05, 0) is 48.6 Å². The number of nitrogen functional groups attached to an aromatic ring is 1. The van der Waals surface area contributed by atoms with Gasteiger partial charge in [0.2, 0.25) is 5.91 Å². The number of rotatable bonds is 6. The molecule has 0 aliphatic carbocycles. The fourth-order valence-corrected chi connectivity index (χ4v) is 4.50. The van der Waals surface area contributed by atoms with Crippen LogP contribution in [0.4, 0.5) is 16.2 Å². The second kappa shape index (κ2) is 11.7. The maximum atomic E-state index is 13.3. The number of hydrogen-bond acceptors (Lipinski definition) is 7. The molecule has 4 N–H and O–H groups in total. The molecule has 39 heavy (non-hydrogen) atoms. The summed E-state index contributed by atoms with van der Waals surface area (Å²) in [5.74, 6) is 6.35. The SMILES string of the molecule is COC(=O)NC(C(=O)N1CCCC1c1ncc(-c2ccc(C#Cc3ccc(N)c([N+](=O)[O-])c3)cc2)[nH]1)C(C)C. The average molecular weight is 531 g/mol. The number of nitrogens with two attached hydrogens (primary N) is 1. The molecule has 2 unspecified atom stereocenters. The normalized spacial score (nSPS) is 15.4. The van der Waals surface area contributed by atoms with Gasteiger partial charge in [-0.2, -0.15) is 0 Å². The van der Waals surface area contributed by atoms with Gasteiger partial charge in [-0.15, -0.1) is 0 Å². The molecule has 1 fully saturated rings. The fourth-order valence-electron chi connectivity index (χ4n) is 4.50. The summed E-state index contributed by atoms with van der Waals surface area (Å²) in [7, 11) is 1.27. The number of benzene rings is 2. The zero-order valence-electron chi connectivity index (χ0n) is 21.9. The van der Waals surface area contributed by atoms with Gasteiger partial charge in [-0.1, -0.05) is 37.8 Å². The van der Waals surface area contributed by atoms with Crippen molar-refractivity contribution in [2.45, 2.75) is 38.8 Å². The van der Waals surface area contributed by atoms with E-state index in [-0.39, 0.29) is 29.2 Å². The lowest BCUT2D eigenvalue weighted by molar-refractivity contribution is -0.383. The van der Waals surface area contributed by atoms with Crippen molar-refractivity contribution in [1.29, 1.82) is 0 Å². The van der Waals surface area contributed by atoms with Gasteiger partial charge in [-0.25, -0.2) is 9.78 Å². The van der Waals surface area contributed by atoms with Gasteiger partial charge in [-0.3, -0.25) is 14.9 Å². The van der Waals surface area contributed by atoms with E-state index < -0.39 is 17.1 Å². The average Bonchev–Trinajstić information content (AvgIpc) is 3.61. The van der Waals surface area contributed by atoms with Crippen molar-refractivity contribution >= 4 is 23.4 Å². The minimum atomic E-state index is -0.694. The quantitative estimate of drug-likeness (QED) is 0.188. The number of H-pyrrole nitrogens is 1. The van der Waals surface area contributed by atoms with Crippen molar-refractivity contribution in [2.75, 3.05) is 19.4 Å². The van der Waals surface area contributed by atoms with Crippen LogP contribution in [0, 0.1) is 27.9 Å². The molecule has 2 aromatic carbocycles. The molecular formula is C28H30N6O5. The Morgan fingerprint density at radius 1 is 1.21 bits per heavy atom. The summed E-state index contributed by atoms with van der Waals surface area (Å²) >= 11 is 0. The number of imidazole rings is 1. The zero-order valence-corrected chi connectivity index (χ0v) is 21.9. The van der Waals surface area contributed by atoms with Crippen molar-refractivity contribution in [1.82, 2.24) is 20.2 Å². The third kappa shape index (κ3) is 6.18. The molecule has 0 bridgehead atoms. The first-order chi connectivity index (χ1) is 18.7. The molecule has 1 aliphatic rings. The molecule has 2 atom stereocenters. The summed E-state index contributed by atoms with van der Waals surface area (Å²) in [6, 6.07) is 11.1. The van der Waals surface area contributed by atoms with Gasteiger partial charge in [0.25, 0.3) is 5.69 Å². The summed E-state index contributed by atoms with van der Waals surface area (Å²) in [6.07, 6.45) is 2.69. The predicted octanol–water partition coefficient (Wildman–Crippen LogP) is 4.01. The Labute approximate surface area is 225 Å². The van der Waals surface area contributed by atoms with Gasteiger partial charge in [0.1, 0.15) is 17.6 Å². The van der Waals surface area contributed by atoms with E-state index in [1.807, 2.05) is 38.1 Å². The minimum absolute atomic E-state index is 0.0940. The summed E-state index contributed by atoms with van der Waals surface area (Å²) in [5.41, 5.74) is 8.49. The number of nitrogens with one attached hydrogen (secondary N) is 2. The number of amides is 2. The Kier molecular flexibility index (Phi) is 8.15. The van der Waals surface area contributed by atoms with Crippen LogP contribution in [0.1, 0.15) is 49.7 Å². The highest BCUT2D eigenvalue weighted by molar-refractivity contribution is 5.86. The third-order valence-electron chi connectivity index (χ3n) is 6.61. The van der Waals surface area contributed by atoms with E-state index in [2.05, 4.69) is 27.1 Å². The summed E-state index contributed by atoms with van der Waals surface area (Å²) in [4.78, 5) is 45.4. The zero-order chi connectivity index (χ0) is 28.1. The summed E-state index contributed by atoms with van der Waals surface area (Å²) in [6.45, 7) is 4.33. The van der Waals surface area contributed by atoms with Crippen molar-refractivity contribution in [2.24, 2.45) is 5.92 Å².